The van der Waals surface area contributed by atoms with Crippen LogP contribution >= 0.6 is 27.7 Å². The fourth-order valence-electron chi connectivity index (χ4n) is 3.53. The van der Waals surface area contributed by atoms with Gasteiger partial charge in [0.05, 0.1) is 5.60 Å². The van der Waals surface area contributed by atoms with E-state index >= 15 is 0 Å². The lowest BCUT2D eigenvalue weighted by Gasteiger charge is -2.40. The van der Waals surface area contributed by atoms with E-state index in [2.05, 4.69) is 45.6 Å². The van der Waals surface area contributed by atoms with Crippen LogP contribution in [0, 0.1) is 5.92 Å². The van der Waals surface area contributed by atoms with Crippen molar-refractivity contribution in [2.45, 2.75) is 37.3 Å². The van der Waals surface area contributed by atoms with E-state index < -0.39 is 0 Å². The van der Waals surface area contributed by atoms with E-state index in [1.807, 2.05) is 11.8 Å². The minimum absolute atomic E-state index is 0.122. The van der Waals surface area contributed by atoms with Gasteiger partial charge in [0, 0.05) is 22.9 Å². The first-order valence-corrected chi connectivity index (χ1v) is 9.58. The van der Waals surface area contributed by atoms with Gasteiger partial charge in [-0.2, -0.15) is 11.8 Å². The fourth-order valence-corrected chi connectivity index (χ4v) is 5.36. The summed E-state index contributed by atoms with van der Waals surface area (Å²) in [5.41, 5.74) is 4.51. The van der Waals surface area contributed by atoms with Crippen molar-refractivity contribution in [3.8, 4) is 0 Å². The van der Waals surface area contributed by atoms with Gasteiger partial charge < -0.3 is 4.74 Å². The highest BCUT2D eigenvalue weighted by Crippen LogP contribution is 2.41. The standard InChI is InChI=1S/C16H23BrN2OS/c17-14-4-2-1-3-12(14)9-15(19-18)13-5-7-20-16(10-13)6-8-21-11-16/h1-4,13,15,19H,5-11,18H2. The summed E-state index contributed by atoms with van der Waals surface area (Å²) in [6.45, 7) is 0.874. The molecule has 116 valence electrons. The second-order valence-corrected chi connectivity index (χ2v) is 8.12. The first kappa shape index (κ1) is 15.8. The van der Waals surface area contributed by atoms with Crippen molar-refractivity contribution < 1.29 is 4.74 Å². The van der Waals surface area contributed by atoms with Crippen molar-refractivity contribution in [3.63, 3.8) is 0 Å². The summed E-state index contributed by atoms with van der Waals surface area (Å²) in [5.74, 6) is 8.85. The van der Waals surface area contributed by atoms with E-state index in [-0.39, 0.29) is 5.60 Å². The van der Waals surface area contributed by atoms with Crippen LogP contribution in [0.2, 0.25) is 0 Å². The number of benzene rings is 1. The third-order valence-corrected chi connectivity index (χ3v) is 6.78. The predicted molar refractivity (Wildman–Crippen MR) is 92.3 cm³/mol. The van der Waals surface area contributed by atoms with Gasteiger partial charge in [-0.05, 0) is 49.0 Å². The zero-order valence-corrected chi connectivity index (χ0v) is 14.6. The Hall–Kier alpha value is -0.0700. The number of thioether (sulfide) groups is 1. The Balaban J connectivity index is 1.69. The van der Waals surface area contributed by atoms with Crippen LogP contribution in [0.5, 0.6) is 0 Å². The molecule has 2 saturated heterocycles. The molecule has 2 heterocycles. The average Bonchev–Trinajstić information content (AvgIpc) is 2.94. The molecule has 1 aromatic rings. The summed E-state index contributed by atoms with van der Waals surface area (Å²) in [6.07, 6.45) is 4.40. The van der Waals surface area contributed by atoms with Crippen LogP contribution in [-0.2, 0) is 11.2 Å². The highest BCUT2D eigenvalue weighted by molar-refractivity contribution is 9.10. The molecule has 3 nitrogen and oxygen atoms in total. The number of rotatable bonds is 4. The Morgan fingerprint density at radius 3 is 3.05 bits per heavy atom. The Kier molecular flexibility index (Phi) is 5.27. The summed E-state index contributed by atoms with van der Waals surface area (Å²) in [5, 5.41) is 0. The molecule has 0 aromatic heterocycles. The first-order valence-electron chi connectivity index (χ1n) is 7.64. The van der Waals surface area contributed by atoms with Gasteiger partial charge in [-0.25, -0.2) is 0 Å². The molecule has 3 N–H and O–H groups in total. The van der Waals surface area contributed by atoms with Crippen molar-refractivity contribution in [3.05, 3.63) is 34.3 Å². The van der Waals surface area contributed by atoms with Gasteiger partial charge in [0.15, 0.2) is 0 Å². The second-order valence-electron chi connectivity index (χ2n) is 6.16. The van der Waals surface area contributed by atoms with Crippen molar-refractivity contribution >= 4 is 27.7 Å². The molecule has 2 aliphatic heterocycles. The summed E-state index contributed by atoms with van der Waals surface area (Å²) in [4.78, 5) is 0. The Bertz CT molecular complexity index is 479. The summed E-state index contributed by atoms with van der Waals surface area (Å²) < 4.78 is 7.30. The minimum Gasteiger partial charge on any atom is -0.374 e. The molecule has 3 unspecified atom stereocenters. The van der Waals surface area contributed by atoms with E-state index in [1.165, 1.54) is 22.2 Å². The molecule has 0 aliphatic carbocycles. The number of nitrogens with one attached hydrogen (secondary N) is 1. The maximum atomic E-state index is 6.13. The van der Waals surface area contributed by atoms with E-state index in [1.54, 1.807) is 0 Å². The van der Waals surface area contributed by atoms with Crippen LogP contribution in [0.15, 0.2) is 28.7 Å². The van der Waals surface area contributed by atoms with Crippen LogP contribution < -0.4 is 11.3 Å². The maximum absolute atomic E-state index is 6.13. The van der Waals surface area contributed by atoms with Gasteiger partial charge in [0.1, 0.15) is 0 Å². The lowest BCUT2D eigenvalue weighted by atomic mass is 9.79. The van der Waals surface area contributed by atoms with Crippen molar-refractivity contribution in [1.29, 1.82) is 0 Å². The number of nitrogens with two attached hydrogens (primary N) is 1. The highest BCUT2D eigenvalue weighted by atomic mass is 79.9. The van der Waals surface area contributed by atoms with Gasteiger partial charge in [0.25, 0.3) is 0 Å². The van der Waals surface area contributed by atoms with E-state index in [9.17, 15) is 0 Å². The lowest BCUT2D eigenvalue weighted by molar-refractivity contribution is -0.0850. The third-order valence-electron chi connectivity index (χ3n) is 4.78. The second kappa shape index (κ2) is 7.01. The predicted octanol–water partition coefficient (Wildman–Crippen LogP) is 3.13. The van der Waals surface area contributed by atoms with Crippen molar-refractivity contribution in [1.82, 2.24) is 5.43 Å². The zero-order chi connectivity index (χ0) is 14.7. The first-order chi connectivity index (χ1) is 10.2. The quantitative estimate of drug-likeness (QED) is 0.631. The van der Waals surface area contributed by atoms with Crippen molar-refractivity contribution in [2.24, 2.45) is 11.8 Å². The zero-order valence-electron chi connectivity index (χ0n) is 12.2. The van der Waals surface area contributed by atoms with Crippen LogP contribution in [-0.4, -0.2) is 29.8 Å². The number of hydrogen-bond donors (Lipinski definition) is 2. The van der Waals surface area contributed by atoms with E-state index in [4.69, 9.17) is 10.6 Å². The van der Waals surface area contributed by atoms with E-state index in [0.717, 1.165) is 31.6 Å². The molecule has 1 aromatic carbocycles. The number of hydrogen-bond acceptors (Lipinski definition) is 4. The molecule has 0 radical (unpaired) electrons. The minimum atomic E-state index is 0.122. The Morgan fingerprint density at radius 1 is 1.48 bits per heavy atom. The van der Waals surface area contributed by atoms with E-state index in [0.29, 0.717) is 12.0 Å². The van der Waals surface area contributed by atoms with Gasteiger partial charge >= 0.3 is 0 Å². The molecule has 1 spiro atoms. The van der Waals surface area contributed by atoms with Crippen LogP contribution in [0.1, 0.15) is 24.8 Å². The molecule has 0 saturated carbocycles. The van der Waals surface area contributed by atoms with Crippen molar-refractivity contribution in [2.75, 3.05) is 18.1 Å². The molecule has 21 heavy (non-hydrogen) atoms. The SMILES string of the molecule is NNC(Cc1ccccc1Br)C1CCOC2(CCSC2)C1. The topological polar surface area (TPSA) is 47.3 Å². The maximum Gasteiger partial charge on any atom is 0.0783 e. The number of halogens is 1. The van der Waals surface area contributed by atoms with Gasteiger partial charge in [0.2, 0.25) is 0 Å². The number of hydrazine groups is 1. The van der Waals surface area contributed by atoms with Crippen LogP contribution in [0.4, 0.5) is 0 Å². The summed E-state index contributed by atoms with van der Waals surface area (Å²) in [7, 11) is 0. The third kappa shape index (κ3) is 3.64. The fraction of sp³-hybridized carbons (Fsp3) is 0.625. The Morgan fingerprint density at radius 2 is 2.33 bits per heavy atom. The molecule has 0 bridgehead atoms. The largest absolute Gasteiger partial charge is 0.374 e. The molecule has 2 aliphatic rings. The number of ether oxygens (including phenoxy) is 1. The average molecular weight is 371 g/mol. The molecule has 2 fully saturated rings. The molecule has 3 atom stereocenters. The molecule has 0 amide bonds. The van der Waals surface area contributed by atoms with Crippen LogP contribution in [0.3, 0.4) is 0 Å². The molecule has 5 heteroatoms. The Labute approximate surface area is 139 Å². The summed E-state index contributed by atoms with van der Waals surface area (Å²) in [6, 6.07) is 8.73. The van der Waals surface area contributed by atoms with Gasteiger partial charge in [-0.1, -0.05) is 34.1 Å². The van der Waals surface area contributed by atoms with Gasteiger partial charge in [-0.15, -0.1) is 0 Å². The lowest BCUT2D eigenvalue weighted by Crippen LogP contribution is -2.49. The summed E-state index contributed by atoms with van der Waals surface area (Å²) >= 11 is 5.66. The van der Waals surface area contributed by atoms with Gasteiger partial charge in [-0.3, -0.25) is 11.3 Å². The van der Waals surface area contributed by atoms with Crippen LogP contribution in [0.25, 0.3) is 0 Å². The normalized spacial score (nSPS) is 30.7. The smallest absolute Gasteiger partial charge is 0.0783 e. The monoisotopic (exact) mass is 370 g/mol. The molecular weight excluding hydrogens is 348 g/mol. The molecule has 3 rings (SSSR count). The molecular formula is C16H23BrN2OS. The highest BCUT2D eigenvalue weighted by Gasteiger charge is 2.42.